The first-order valence-corrected chi connectivity index (χ1v) is 4.75. The quantitative estimate of drug-likeness (QED) is 0.830. The van der Waals surface area contributed by atoms with Crippen molar-refractivity contribution in [2.24, 2.45) is 5.73 Å². The highest BCUT2D eigenvalue weighted by Gasteiger charge is 2.14. The summed E-state index contributed by atoms with van der Waals surface area (Å²) in [6.45, 7) is 2.40. The summed E-state index contributed by atoms with van der Waals surface area (Å²) in [5.74, 6) is 0.199. The number of hydrogen-bond acceptors (Lipinski definition) is 3. The summed E-state index contributed by atoms with van der Waals surface area (Å²) in [5.41, 5.74) is 6.33. The molecule has 3 nitrogen and oxygen atoms in total. The fourth-order valence-electron chi connectivity index (χ4n) is 1.36. The lowest BCUT2D eigenvalue weighted by Crippen LogP contribution is -2.09. The maximum Gasteiger partial charge on any atom is 0.196 e. The Kier molecular flexibility index (Phi) is 3.91. The number of methoxy groups -OCH3 is 2. The molecule has 1 atom stereocenters. The van der Waals surface area contributed by atoms with Gasteiger partial charge in [-0.15, -0.1) is 0 Å². The molecule has 1 rings (SSSR count). The first-order valence-electron chi connectivity index (χ1n) is 4.75. The molecule has 0 spiro atoms. The number of rotatable bonds is 4. The lowest BCUT2D eigenvalue weighted by atomic mass is 10.0. The summed E-state index contributed by atoms with van der Waals surface area (Å²) in [5, 5.41) is 0. The van der Waals surface area contributed by atoms with Crippen LogP contribution in [0.15, 0.2) is 12.1 Å². The maximum absolute atomic E-state index is 13.5. The van der Waals surface area contributed by atoms with Crippen LogP contribution in [-0.2, 0) is 0 Å². The van der Waals surface area contributed by atoms with Crippen LogP contribution in [0.3, 0.4) is 0 Å². The highest BCUT2D eigenvalue weighted by atomic mass is 19.1. The second kappa shape index (κ2) is 4.98. The molecule has 15 heavy (non-hydrogen) atoms. The van der Waals surface area contributed by atoms with Gasteiger partial charge in [-0.05, 0) is 30.2 Å². The van der Waals surface area contributed by atoms with Crippen LogP contribution in [0.5, 0.6) is 11.5 Å². The van der Waals surface area contributed by atoms with Crippen molar-refractivity contribution in [3.63, 3.8) is 0 Å². The highest BCUT2D eigenvalue weighted by Crippen LogP contribution is 2.33. The fraction of sp³-hybridized carbons (Fsp3) is 0.455. The molecule has 0 saturated heterocycles. The molecule has 0 radical (unpaired) electrons. The third-order valence-corrected chi connectivity index (χ3v) is 2.38. The van der Waals surface area contributed by atoms with Crippen molar-refractivity contribution in [3.8, 4) is 11.5 Å². The van der Waals surface area contributed by atoms with Crippen molar-refractivity contribution < 1.29 is 13.9 Å². The minimum absolute atomic E-state index is 0.0966. The van der Waals surface area contributed by atoms with Crippen LogP contribution in [0.4, 0.5) is 4.39 Å². The summed E-state index contributed by atoms with van der Waals surface area (Å²) in [4.78, 5) is 0. The van der Waals surface area contributed by atoms with E-state index < -0.39 is 5.82 Å². The van der Waals surface area contributed by atoms with Gasteiger partial charge in [0.15, 0.2) is 17.3 Å². The van der Waals surface area contributed by atoms with Crippen molar-refractivity contribution in [1.82, 2.24) is 0 Å². The van der Waals surface area contributed by atoms with E-state index in [2.05, 4.69) is 0 Å². The van der Waals surface area contributed by atoms with E-state index in [1.807, 2.05) is 6.92 Å². The first kappa shape index (κ1) is 11.8. The van der Waals surface area contributed by atoms with E-state index in [1.54, 1.807) is 6.07 Å². The minimum atomic E-state index is -0.424. The molecule has 0 heterocycles. The Morgan fingerprint density at radius 1 is 1.33 bits per heavy atom. The van der Waals surface area contributed by atoms with Crippen LogP contribution >= 0.6 is 0 Å². The molecule has 0 fully saturated rings. The van der Waals surface area contributed by atoms with E-state index in [1.165, 1.54) is 20.3 Å². The van der Waals surface area contributed by atoms with E-state index in [9.17, 15) is 4.39 Å². The smallest absolute Gasteiger partial charge is 0.196 e. The molecule has 0 bridgehead atoms. The van der Waals surface area contributed by atoms with Gasteiger partial charge < -0.3 is 15.2 Å². The predicted molar refractivity (Wildman–Crippen MR) is 57.0 cm³/mol. The number of hydrogen-bond donors (Lipinski definition) is 1. The summed E-state index contributed by atoms with van der Waals surface area (Å²) < 4.78 is 23.5. The van der Waals surface area contributed by atoms with Gasteiger partial charge in [0, 0.05) is 0 Å². The molecular formula is C11H16FNO2. The predicted octanol–water partition coefficient (Wildman–Crippen LogP) is 1.91. The zero-order chi connectivity index (χ0) is 11.4. The number of halogens is 1. The van der Waals surface area contributed by atoms with Gasteiger partial charge in [-0.3, -0.25) is 0 Å². The van der Waals surface area contributed by atoms with Crippen molar-refractivity contribution >= 4 is 0 Å². The lowest BCUT2D eigenvalue weighted by Gasteiger charge is -2.14. The minimum Gasteiger partial charge on any atom is -0.493 e. The Labute approximate surface area is 89.0 Å². The summed E-state index contributed by atoms with van der Waals surface area (Å²) in [6.07, 6.45) is 0. The van der Waals surface area contributed by atoms with Gasteiger partial charge in [-0.25, -0.2) is 4.39 Å². The Hall–Kier alpha value is -1.29. The van der Waals surface area contributed by atoms with Crippen LogP contribution in [-0.4, -0.2) is 20.8 Å². The van der Waals surface area contributed by atoms with Crippen LogP contribution in [0, 0.1) is 5.82 Å². The molecular weight excluding hydrogens is 197 g/mol. The highest BCUT2D eigenvalue weighted by molar-refractivity contribution is 5.45. The second-order valence-corrected chi connectivity index (χ2v) is 3.37. The maximum atomic E-state index is 13.5. The molecule has 0 aliphatic carbocycles. The zero-order valence-electron chi connectivity index (χ0n) is 9.21. The monoisotopic (exact) mass is 213 g/mol. The Bertz CT molecular complexity index is 342. The number of ether oxygens (including phenoxy) is 2. The van der Waals surface area contributed by atoms with E-state index in [4.69, 9.17) is 15.2 Å². The van der Waals surface area contributed by atoms with Gasteiger partial charge >= 0.3 is 0 Å². The molecule has 0 amide bonds. The van der Waals surface area contributed by atoms with Gasteiger partial charge in [-0.2, -0.15) is 0 Å². The normalized spacial score (nSPS) is 12.3. The van der Waals surface area contributed by atoms with Gasteiger partial charge in [0.2, 0.25) is 0 Å². The molecule has 84 valence electrons. The van der Waals surface area contributed by atoms with Crippen molar-refractivity contribution in [3.05, 3.63) is 23.5 Å². The van der Waals surface area contributed by atoms with Crippen LogP contribution in [0.25, 0.3) is 0 Å². The molecule has 1 aromatic carbocycles. The van der Waals surface area contributed by atoms with Crippen molar-refractivity contribution in [2.75, 3.05) is 20.8 Å². The third-order valence-electron chi connectivity index (χ3n) is 2.38. The van der Waals surface area contributed by atoms with E-state index in [0.29, 0.717) is 12.3 Å². The summed E-state index contributed by atoms with van der Waals surface area (Å²) >= 11 is 0. The lowest BCUT2D eigenvalue weighted by molar-refractivity contribution is 0.336. The average Bonchev–Trinajstić information content (AvgIpc) is 2.26. The van der Waals surface area contributed by atoms with Crippen molar-refractivity contribution in [1.29, 1.82) is 0 Å². The van der Waals surface area contributed by atoms with Crippen LogP contribution in [0.1, 0.15) is 18.4 Å². The van der Waals surface area contributed by atoms with Crippen LogP contribution < -0.4 is 15.2 Å². The van der Waals surface area contributed by atoms with E-state index in [-0.39, 0.29) is 11.7 Å². The SMILES string of the molecule is COc1cc(C(C)CN)cc(F)c1OC. The molecule has 0 aromatic heterocycles. The van der Waals surface area contributed by atoms with Gasteiger partial charge in [0.05, 0.1) is 14.2 Å². The Morgan fingerprint density at radius 3 is 2.47 bits per heavy atom. The molecule has 1 aromatic rings. The Balaban J connectivity index is 3.19. The largest absolute Gasteiger partial charge is 0.493 e. The molecule has 0 saturated carbocycles. The average molecular weight is 213 g/mol. The van der Waals surface area contributed by atoms with Gasteiger partial charge in [0.25, 0.3) is 0 Å². The van der Waals surface area contributed by atoms with Gasteiger partial charge in [0.1, 0.15) is 0 Å². The van der Waals surface area contributed by atoms with Crippen LogP contribution in [0.2, 0.25) is 0 Å². The fourth-order valence-corrected chi connectivity index (χ4v) is 1.36. The molecule has 2 N–H and O–H groups in total. The molecule has 0 aliphatic rings. The first-order chi connectivity index (χ1) is 7.13. The molecule has 4 heteroatoms. The molecule has 0 aliphatic heterocycles. The standard InChI is InChI=1S/C11H16FNO2/c1-7(6-13)8-4-9(12)11(15-3)10(5-8)14-2/h4-5,7H,6,13H2,1-3H3. The second-order valence-electron chi connectivity index (χ2n) is 3.37. The zero-order valence-corrected chi connectivity index (χ0v) is 9.21. The van der Waals surface area contributed by atoms with Gasteiger partial charge in [-0.1, -0.05) is 6.92 Å². The summed E-state index contributed by atoms with van der Waals surface area (Å²) in [7, 11) is 2.89. The van der Waals surface area contributed by atoms with E-state index in [0.717, 1.165) is 5.56 Å². The van der Waals surface area contributed by atoms with Crippen molar-refractivity contribution in [2.45, 2.75) is 12.8 Å². The third kappa shape index (κ3) is 2.39. The molecule has 1 unspecified atom stereocenters. The number of benzene rings is 1. The topological polar surface area (TPSA) is 44.5 Å². The number of nitrogens with two attached hydrogens (primary N) is 1. The Morgan fingerprint density at radius 2 is 2.00 bits per heavy atom. The van der Waals surface area contributed by atoms with E-state index >= 15 is 0 Å². The summed E-state index contributed by atoms with van der Waals surface area (Å²) in [6, 6.07) is 3.18.